The fraction of sp³-hybridized carbons (Fsp3) is 0.429. The van der Waals surface area contributed by atoms with Crippen LogP contribution in [0.5, 0.6) is 0 Å². The molecule has 2 aromatic rings. The van der Waals surface area contributed by atoms with Crippen molar-refractivity contribution in [3.63, 3.8) is 0 Å². The fourth-order valence-electron chi connectivity index (χ4n) is 1.93. The minimum absolute atomic E-state index is 0.537. The molecule has 2 rings (SSSR count). The Hall–Kier alpha value is -1.28. The molecule has 0 aliphatic carbocycles. The maximum atomic E-state index is 5.68. The second kappa shape index (κ2) is 4.71. The van der Waals surface area contributed by atoms with Gasteiger partial charge in [0.1, 0.15) is 11.3 Å². The molecule has 1 aromatic carbocycles. The molecule has 0 bridgehead atoms. The Balaban J connectivity index is 2.28. The third kappa shape index (κ3) is 2.27. The molecule has 0 saturated carbocycles. The van der Waals surface area contributed by atoms with Gasteiger partial charge in [0, 0.05) is 11.8 Å². The summed E-state index contributed by atoms with van der Waals surface area (Å²) in [4.78, 5) is 0. The average Bonchev–Trinajstić information content (AvgIpc) is 2.71. The molecule has 0 radical (unpaired) electrons. The lowest BCUT2D eigenvalue weighted by atomic mass is 10.0. The van der Waals surface area contributed by atoms with Gasteiger partial charge in [-0.1, -0.05) is 19.9 Å². The normalized spacial score (nSPS) is 13.2. The maximum absolute atomic E-state index is 5.68. The third-order valence-electron chi connectivity index (χ3n) is 2.97. The van der Waals surface area contributed by atoms with E-state index < -0.39 is 0 Å². The number of aryl methyl sites for hydroxylation is 1. The zero-order valence-electron chi connectivity index (χ0n) is 9.99. The molecule has 1 heterocycles. The van der Waals surface area contributed by atoms with Crippen LogP contribution in [0.4, 0.5) is 0 Å². The number of hydrogen-bond donors (Lipinski definition) is 1. The van der Waals surface area contributed by atoms with Crippen LogP contribution in [0.3, 0.4) is 0 Å². The van der Waals surface area contributed by atoms with Crippen molar-refractivity contribution in [1.82, 2.24) is 0 Å². The summed E-state index contributed by atoms with van der Waals surface area (Å²) in [5.74, 6) is 1.59. The topological polar surface area (TPSA) is 39.2 Å². The zero-order chi connectivity index (χ0) is 11.5. The molecule has 0 amide bonds. The van der Waals surface area contributed by atoms with Crippen LogP contribution in [0.15, 0.2) is 28.7 Å². The monoisotopic (exact) mass is 217 g/mol. The number of benzene rings is 1. The summed E-state index contributed by atoms with van der Waals surface area (Å²) in [6.45, 7) is 5.02. The van der Waals surface area contributed by atoms with Gasteiger partial charge in [0.15, 0.2) is 0 Å². The van der Waals surface area contributed by atoms with Crippen molar-refractivity contribution in [2.45, 2.75) is 26.7 Å². The van der Waals surface area contributed by atoms with E-state index in [1.54, 1.807) is 0 Å². The molecular weight excluding hydrogens is 198 g/mol. The summed E-state index contributed by atoms with van der Waals surface area (Å²) >= 11 is 0. The molecular formula is C14H19NO. The number of nitrogens with two attached hydrogens (primary N) is 1. The van der Waals surface area contributed by atoms with Crippen molar-refractivity contribution in [2.24, 2.45) is 11.7 Å². The summed E-state index contributed by atoms with van der Waals surface area (Å²) in [6, 6.07) is 8.54. The first-order valence-electron chi connectivity index (χ1n) is 5.94. The highest BCUT2D eigenvalue weighted by Crippen LogP contribution is 2.22. The van der Waals surface area contributed by atoms with Crippen molar-refractivity contribution in [2.75, 3.05) is 6.54 Å². The van der Waals surface area contributed by atoms with E-state index in [9.17, 15) is 0 Å². The molecule has 0 aliphatic heterocycles. The molecule has 16 heavy (non-hydrogen) atoms. The molecule has 2 heteroatoms. The van der Waals surface area contributed by atoms with Crippen LogP contribution in [0.2, 0.25) is 0 Å². The first kappa shape index (κ1) is 11.2. The van der Waals surface area contributed by atoms with Crippen LogP contribution >= 0.6 is 0 Å². The van der Waals surface area contributed by atoms with Gasteiger partial charge >= 0.3 is 0 Å². The predicted molar refractivity (Wildman–Crippen MR) is 67.5 cm³/mol. The minimum atomic E-state index is 0.537. The summed E-state index contributed by atoms with van der Waals surface area (Å²) in [6.07, 6.45) is 1.99. The molecule has 0 saturated heterocycles. The smallest absolute Gasteiger partial charge is 0.134 e. The largest absolute Gasteiger partial charge is 0.461 e. The number of hydrogen-bond acceptors (Lipinski definition) is 2. The van der Waals surface area contributed by atoms with Crippen molar-refractivity contribution < 1.29 is 4.42 Å². The van der Waals surface area contributed by atoms with Crippen molar-refractivity contribution in [3.05, 3.63) is 35.6 Å². The second-order valence-corrected chi connectivity index (χ2v) is 4.48. The average molecular weight is 217 g/mol. The Kier molecular flexibility index (Phi) is 3.30. The van der Waals surface area contributed by atoms with E-state index in [-0.39, 0.29) is 0 Å². The van der Waals surface area contributed by atoms with E-state index in [1.807, 2.05) is 0 Å². The van der Waals surface area contributed by atoms with Gasteiger partial charge in [0.05, 0.1) is 0 Å². The molecule has 1 unspecified atom stereocenters. The van der Waals surface area contributed by atoms with Gasteiger partial charge < -0.3 is 10.2 Å². The van der Waals surface area contributed by atoms with E-state index in [4.69, 9.17) is 10.2 Å². The van der Waals surface area contributed by atoms with E-state index in [1.165, 1.54) is 10.9 Å². The molecule has 2 nitrogen and oxygen atoms in total. The van der Waals surface area contributed by atoms with Gasteiger partial charge in [-0.25, -0.2) is 0 Å². The van der Waals surface area contributed by atoms with Crippen LogP contribution < -0.4 is 5.73 Å². The van der Waals surface area contributed by atoms with Crippen molar-refractivity contribution in [1.29, 1.82) is 0 Å². The Morgan fingerprint density at radius 2 is 2.12 bits per heavy atom. The van der Waals surface area contributed by atoms with Crippen LogP contribution in [-0.4, -0.2) is 6.54 Å². The Bertz CT molecular complexity index is 473. The standard InChI is InChI=1S/C14H19NO/c1-3-13-8-12-7-11(6-10(2)9-15)4-5-14(12)16-13/h4-5,7-8,10H,3,6,9,15H2,1-2H3. The lowest BCUT2D eigenvalue weighted by Crippen LogP contribution is -2.12. The molecule has 1 atom stereocenters. The molecule has 2 N–H and O–H groups in total. The Labute approximate surface area is 96.4 Å². The highest BCUT2D eigenvalue weighted by molar-refractivity contribution is 5.78. The first-order chi connectivity index (χ1) is 7.72. The highest BCUT2D eigenvalue weighted by atomic mass is 16.3. The summed E-state index contributed by atoms with van der Waals surface area (Å²) in [5, 5.41) is 1.21. The SMILES string of the molecule is CCc1cc2cc(CC(C)CN)ccc2o1. The summed E-state index contributed by atoms with van der Waals surface area (Å²) in [5.41, 5.74) is 7.97. The Morgan fingerprint density at radius 1 is 1.31 bits per heavy atom. The van der Waals surface area contributed by atoms with Gasteiger partial charge in [-0.3, -0.25) is 0 Å². The predicted octanol–water partition coefficient (Wildman–Crippen LogP) is 3.13. The van der Waals surface area contributed by atoms with Crippen LogP contribution in [-0.2, 0) is 12.8 Å². The highest BCUT2D eigenvalue weighted by Gasteiger charge is 2.05. The van der Waals surface area contributed by atoms with E-state index in [0.29, 0.717) is 5.92 Å². The molecule has 0 fully saturated rings. The van der Waals surface area contributed by atoms with Gasteiger partial charge in [-0.05, 0) is 42.6 Å². The van der Waals surface area contributed by atoms with Gasteiger partial charge in [0.25, 0.3) is 0 Å². The van der Waals surface area contributed by atoms with Gasteiger partial charge in [-0.2, -0.15) is 0 Å². The zero-order valence-corrected chi connectivity index (χ0v) is 9.99. The van der Waals surface area contributed by atoms with E-state index in [0.717, 1.165) is 30.7 Å². The first-order valence-corrected chi connectivity index (χ1v) is 5.94. The number of furan rings is 1. The molecule has 0 aliphatic rings. The van der Waals surface area contributed by atoms with E-state index in [2.05, 4.69) is 38.1 Å². The molecule has 86 valence electrons. The van der Waals surface area contributed by atoms with E-state index >= 15 is 0 Å². The van der Waals surface area contributed by atoms with Gasteiger partial charge in [-0.15, -0.1) is 0 Å². The minimum Gasteiger partial charge on any atom is -0.461 e. The van der Waals surface area contributed by atoms with Crippen molar-refractivity contribution in [3.8, 4) is 0 Å². The van der Waals surface area contributed by atoms with Crippen LogP contribution in [0.1, 0.15) is 25.2 Å². The second-order valence-electron chi connectivity index (χ2n) is 4.48. The molecule has 1 aromatic heterocycles. The summed E-state index contributed by atoms with van der Waals surface area (Å²) < 4.78 is 5.68. The fourth-order valence-corrected chi connectivity index (χ4v) is 1.93. The molecule has 0 spiro atoms. The number of rotatable bonds is 4. The summed E-state index contributed by atoms with van der Waals surface area (Å²) in [7, 11) is 0. The lowest BCUT2D eigenvalue weighted by Gasteiger charge is -2.07. The lowest BCUT2D eigenvalue weighted by molar-refractivity contribution is 0.556. The van der Waals surface area contributed by atoms with Gasteiger partial charge in [0.2, 0.25) is 0 Å². The maximum Gasteiger partial charge on any atom is 0.134 e. The third-order valence-corrected chi connectivity index (χ3v) is 2.97. The van der Waals surface area contributed by atoms with Crippen LogP contribution in [0.25, 0.3) is 11.0 Å². The van der Waals surface area contributed by atoms with Crippen LogP contribution in [0, 0.1) is 5.92 Å². The Morgan fingerprint density at radius 3 is 2.81 bits per heavy atom. The number of fused-ring (bicyclic) bond motifs is 1. The van der Waals surface area contributed by atoms with Crippen molar-refractivity contribution >= 4 is 11.0 Å². The quantitative estimate of drug-likeness (QED) is 0.854.